The summed E-state index contributed by atoms with van der Waals surface area (Å²) in [6.45, 7) is 10.0. The van der Waals surface area contributed by atoms with Gasteiger partial charge in [-0.2, -0.15) is 0 Å². The lowest BCUT2D eigenvalue weighted by Gasteiger charge is -2.11. The largest absolute Gasteiger partial charge is 0.309 e. The van der Waals surface area contributed by atoms with Gasteiger partial charge in [-0.25, -0.2) is 0 Å². The van der Waals surface area contributed by atoms with E-state index < -0.39 is 0 Å². The topological polar surface area (TPSA) is 12.0 Å². The molecule has 0 aliphatic rings. The summed E-state index contributed by atoms with van der Waals surface area (Å²) in [5.74, 6) is 0.762. The van der Waals surface area contributed by atoms with Gasteiger partial charge in [0.15, 0.2) is 0 Å². The molecule has 0 spiro atoms. The van der Waals surface area contributed by atoms with E-state index in [4.69, 9.17) is 0 Å². The summed E-state index contributed by atoms with van der Waals surface area (Å²) in [4.78, 5) is 0. The Bertz CT molecular complexity index is 315. The molecule has 0 amide bonds. The fraction of sp³-hybridized carbons (Fsp3) is 0.467. The monoisotopic (exact) mass is 216 g/mol. The molecule has 1 radical (unpaired) electrons. The molecule has 0 saturated carbocycles. The molecule has 16 heavy (non-hydrogen) atoms. The van der Waals surface area contributed by atoms with Gasteiger partial charge in [-0.1, -0.05) is 32.1 Å². The first kappa shape index (κ1) is 13.0. The summed E-state index contributed by atoms with van der Waals surface area (Å²) in [5.41, 5.74) is 2.81. The molecule has 0 bridgehead atoms. The fourth-order valence-electron chi connectivity index (χ4n) is 1.66. The van der Waals surface area contributed by atoms with Crippen LogP contribution in [0.1, 0.15) is 31.4 Å². The van der Waals surface area contributed by atoms with Crippen LogP contribution in [-0.2, 0) is 13.0 Å². The van der Waals surface area contributed by atoms with Crippen molar-refractivity contribution in [3.8, 4) is 0 Å². The molecule has 1 nitrogen and oxygen atoms in total. The number of nitrogens with one attached hydrogen (secondary N) is 1. The van der Waals surface area contributed by atoms with Gasteiger partial charge < -0.3 is 5.32 Å². The summed E-state index contributed by atoms with van der Waals surface area (Å²) in [6.07, 6.45) is 4.30. The second-order valence-electron chi connectivity index (χ2n) is 4.55. The molecule has 1 heteroatoms. The Kier molecular flexibility index (Phi) is 5.87. The third-order valence-electron chi connectivity index (χ3n) is 2.65. The Labute approximate surface area is 99.6 Å². The van der Waals surface area contributed by atoms with Gasteiger partial charge in [0.2, 0.25) is 0 Å². The van der Waals surface area contributed by atoms with E-state index in [0.717, 1.165) is 25.4 Å². The molecule has 87 valence electrons. The first-order valence-corrected chi connectivity index (χ1v) is 6.03. The summed E-state index contributed by atoms with van der Waals surface area (Å²) >= 11 is 0. The lowest BCUT2D eigenvalue weighted by atomic mass is 9.98. The number of hydrogen-bond donors (Lipinski definition) is 1. The molecular weight excluding hydrogens is 194 g/mol. The van der Waals surface area contributed by atoms with E-state index in [-0.39, 0.29) is 0 Å². The molecule has 0 unspecified atom stereocenters. The van der Waals surface area contributed by atoms with Crippen molar-refractivity contribution in [2.75, 3.05) is 6.54 Å². The van der Waals surface area contributed by atoms with Crippen LogP contribution in [0, 0.1) is 12.0 Å². The highest BCUT2D eigenvalue weighted by molar-refractivity contribution is 5.26. The van der Waals surface area contributed by atoms with Crippen molar-refractivity contribution >= 4 is 0 Å². The van der Waals surface area contributed by atoms with Crippen LogP contribution in [0.5, 0.6) is 0 Å². The molecular formula is C15H22N. The Morgan fingerprint density at radius 3 is 2.94 bits per heavy atom. The minimum absolute atomic E-state index is 0.762. The normalized spacial score (nSPS) is 10.7. The van der Waals surface area contributed by atoms with Crippen molar-refractivity contribution in [1.29, 1.82) is 0 Å². The summed E-state index contributed by atoms with van der Waals surface area (Å²) in [7, 11) is 0. The summed E-state index contributed by atoms with van der Waals surface area (Å²) in [5, 5.41) is 3.34. The van der Waals surface area contributed by atoms with Crippen molar-refractivity contribution in [2.45, 2.75) is 33.2 Å². The van der Waals surface area contributed by atoms with Crippen molar-refractivity contribution < 1.29 is 0 Å². The van der Waals surface area contributed by atoms with Crippen molar-refractivity contribution in [1.82, 2.24) is 5.32 Å². The predicted octanol–water partition coefficient (Wildman–Crippen LogP) is 3.35. The van der Waals surface area contributed by atoms with Crippen LogP contribution in [0.15, 0.2) is 30.9 Å². The first-order chi connectivity index (χ1) is 7.74. The molecule has 0 heterocycles. The van der Waals surface area contributed by atoms with E-state index in [2.05, 4.69) is 43.9 Å². The van der Waals surface area contributed by atoms with Crippen LogP contribution in [0.3, 0.4) is 0 Å². The molecule has 0 fully saturated rings. The molecule has 1 rings (SSSR count). The minimum atomic E-state index is 0.762. The van der Waals surface area contributed by atoms with Gasteiger partial charge in [-0.3, -0.25) is 0 Å². The lowest BCUT2D eigenvalue weighted by molar-refractivity contribution is 0.583. The lowest BCUT2D eigenvalue weighted by Crippen LogP contribution is -2.14. The van der Waals surface area contributed by atoms with E-state index in [9.17, 15) is 0 Å². The zero-order valence-corrected chi connectivity index (χ0v) is 10.4. The maximum absolute atomic E-state index is 3.70. The molecule has 0 saturated heterocycles. The van der Waals surface area contributed by atoms with Crippen LogP contribution in [-0.4, -0.2) is 6.54 Å². The Morgan fingerprint density at radius 2 is 2.25 bits per heavy atom. The maximum Gasteiger partial charge on any atom is 0.0211 e. The average Bonchev–Trinajstić information content (AvgIpc) is 2.28. The van der Waals surface area contributed by atoms with Gasteiger partial charge in [0, 0.05) is 13.1 Å². The van der Waals surface area contributed by atoms with Crippen LogP contribution >= 0.6 is 0 Å². The highest BCUT2D eigenvalue weighted by Crippen LogP contribution is 2.13. The van der Waals surface area contributed by atoms with Gasteiger partial charge >= 0.3 is 0 Å². The molecule has 1 N–H and O–H groups in total. The molecule has 0 aliphatic heterocycles. The number of rotatable bonds is 7. The third kappa shape index (κ3) is 4.63. The molecule has 1 aromatic carbocycles. The molecule has 0 atom stereocenters. The van der Waals surface area contributed by atoms with Crippen LogP contribution in [0.25, 0.3) is 0 Å². The van der Waals surface area contributed by atoms with Gasteiger partial charge in [0.1, 0.15) is 0 Å². The second kappa shape index (κ2) is 7.24. The van der Waals surface area contributed by atoms with E-state index in [0.29, 0.717) is 0 Å². The first-order valence-electron chi connectivity index (χ1n) is 6.03. The zero-order valence-electron chi connectivity index (χ0n) is 10.4. The van der Waals surface area contributed by atoms with Gasteiger partial charge in [-0.15, -0.1) is 6.58 Å². The SMILES string of the molecule is C=CCNCc1c[c]ccc1CCC(C)C. The minimum Gasteiger partial charge on any atom is -0.309 e. The molecule has 1 aromatic rings. The van der Waals surface area contributed by atoms with E-state index >= 15 is 0 Å². The Balaban J connectivity index is 2.56. The average molecular weight is 216 g/mol. The van der Waals surface area contributed by atoms with Gasteiger partial charge in [0.05, 0.1) is 0 Å². The smallest absolute Gasteiger partial charge is 0.0211 e. The van der Waals surface area contributed by atoms with Gasteiger partial charge in [0.25, 0.3) is 0 Å². The fourth-order valence-corrected chi connectivity index (χ4v) is 1.66. The van der Waals surface area contributed by atoms with Crippen LogP contribution < -0.4 is 5.32 Å². The summed E-state index contributed by atoms with van der Waals surface area (Å²) < 4.78 is 0. The van der Waals surface area contributed by atoms with Crippen molar-refractivity contribution in [3.05, 3.63) is 48.0 Å². The number of hydrogen-bond acceptors (Lipinski definition) is 1. The highest BCUT2D eigenvalue weighted by Gasteiger charge is 2.02. The van der Waals surface area contributed by atoms with E-state index in [1.165, 1.54) is 17.5 Å². The second-order valence-corrected chi connectivity index (χ2v) is 4.55. The maximum atomic E-state index is 3.70. The highest BCUT2D eigenvalue weighted by atomic mass is 14.8. The standard InChI is InChI=1S/C15H22N/c1-4-11-16-12-15-8-6-5-7-14(15)10-9-13(2)3/h4-5,7-8,13,16H,1,9-12H2,2-3H3. The Hall–Kier alpha value is -1.08. The van der Waals surface area contributed by atoms with Crippen LogP contribution in [0.4, 0.5) is 0 Å². The zero-order chi connectivity index (χ0) is 11.8. The molecule has 0 aliphatic carbocycles. The van der Waals surface area contributed by atoms with Gasteiger partial charge in [-0.05, 0) is 42.0 Å². The number of aryl methyl sites for hydroxylation is 1. The van der Waals surface area contributed by atoms with Crippen molar-refractivity contribution in [2.24, 2.45) is 5.92 Å². The Morgan fingerprint density at radius 1 is 1.44 bits per heavy atom. The third-order valence-corrected chi connectivity index (χ3v) is 2.65. The van der Waals surface area contributed by atoms with E-state index in [1.807, 2.05) is 12.1 Å². The number of benzene rings is 1. The molecule has 0 aromatic heterocycles. The predicted molar refractivity (Wildman–Crippen MR) is 70.3 cm³/mol. The quantitative estimate of drug-likeness (QED) is 0.544. The van der Waals surface area contributed by atoms with Crippen molar-refractivity contribution in [3.63, 3.8) is 0 Å². The summed E-state index contributed by atoms with van der Waals surface area (Å²) in [6, 6.07) is 9.43. The van der Waals surface area contributed by atoms with E-state index in [1.54, 1.807) is 0 Å². The van der Waals surface area contributed by atoms with Crippen LogP contribution in [0.2, 0.25) is 0 Å².